The van der Waals surface area contributed by atoms with Gasteiger partial charge in [0.2, 0.25) is 5.91 Å². The summed E-state index contributed by atoms with van der Waals surface area (Å²) in [4.78, 5) is 20.9. The van der Waals surface area contributed by atoms with Crippen LogP contribution in [0.2, 0.25) is 0 Å². The lowest BCUT2D eigenvalue weighted by atomic mass is 10.2. The first-order valence-electron chi connectivity index (χ1n) is 7.04. The second kappa shape index (κ2) is 6.54. The lowest BCUT2D eigenvalue weighted by Crippen LogP contribution is -2.27. The van der Waals surface area contributed by atoms with Crippen molar-refractivity contribution in [3.63, 3.8) is 0 Å². The molecule has 6 heteroatoms. The number of rotatable bonds is 5. The van der Waals surface area contributed by atoms with E-state index in [0.29, 0.717) is 5.75 Å². The van der Waals surface area contributed by atoms with Crippen molar-refractivity contribution in [1.82, 2.24) is 15.3 Å². The molecule has 0 saturated carbocycles. The number of thiophene rings is 1. The standard InChI is InChI=1S/C16H17N3OS2/c1-10-5-6-12-13(8-10)19-16(18-12)22-9-15(20)17-11(2)14-4-3-7-21-14/h3-8,11H,9H2,1-2H3,(H,17,20)(H,18,19). The maximum Gasteiger partial charge on any atom is 0.230 e. The van der Waals surface area contributed by atoms with E-state index in [1.54, 1.807) is 11.3 Å². The molecule has 1 aromatic carbocycles. The predicted molar refractivity (Wildman–Crippen MR) is 92.4 cm³/mol. The molecule has 0 spiro atoms. The van der Waals surface area contributed by atoms with E-state index in [1.165, 1.54) is 17.3 Å². The highest BCUT2D eigenvalue weighted by atomic mass is 32.2. The largest absolute Gasteiger partial charge is 0.348 e. The molecule has 0 aliphatic heterocycles. The number of amides is 1. The number of carbonyl (C=O) groups is 1. The molecule has 2 N–H and O–H groups in total. The van der Waals surface area contributed by atoms with Crippen LogP contribution in [0.5, 0.6) is 0 Å². The SMILES string of the molecule is Cc1ccc2nc(SCC(=O)NC(C)c3cccs3)[nH]c2c1. The Kier molecular flexibility index (Phi) is 4.49. The summed E-state index contributed by atoms with van der Waals surface area (Å²) >= 11 is 3.08. The van der Waals surface area contributed by atoms with Gasteiger partial charge in [-0.2, -0.15) is 0 Å². The van der Waals surface area contributed by atoms with Crippen LogP contribution in [-0.4, -0.2) is 21.6 Å². The predicted octanol–water partition coefficient (Wildman–Crippen LogP) is 3.90. The molecule has 3 aromatic rings. The van der Waals surface area contributed by atoms with E-state index in [1.807, 2.05) is 43.5 Å². The number of nitrogens with zero attached hydrogens (tertiary/aromatic N) is 1. The third-order valence-electron chi connectivity index (χ3n) is 3.30. The van der Waals surface area contributed by atoms with Gasteiger partial charge in [-0.25, -0.2) is 4.98 Å². The molecule has 114 valence electrons. The minimum absolute atomic E-state index is 0.0162. The lowest BCUT2D eigenvalue weighted by molar-refractivity contribution is -0.119. The van der Waals surface area contributed by atoms with Crippen molar-refractivity contribution in [2.45, 2.75) is 25.0 Å². The van der Waals surface area contributed by atoms with Gasteiger partial charge in [0.25, 0.3) is 0 Å². The molecule has 0 fully saturated rings. The number of hydrogen-bond donors (Lipinski definition) is 2. The Balaban J connectivity index is 1.58. The van der Waals surface area contributed by atoms with Gasteiger partial charge in [0.05, 0.1) is 22.8 Å². The van der Waals surface area contributed by atoms with Crippen molar-refractivity contribution >= 4 is 40.0 Å². The molecule has 4 nitrogen and oxygen atoms in total. The summed E-state index contributed by atoms with van der Waals surface area (Å²) < 4.78 is 0. The third kappa shape index (κ3) is 3.51. The number of aromatic nitrogens is 2. The number of imidazole rings is 1. The van der Waals surface area contributed by atoms with Crippen LogP contribution in [0.1, 0.15) is 23.4 Å². The quantitative estimate of drug-likeness (QED) is 0.697. The van der Waals surface area contributed by atoms with Gasteiger partial charge in [-0.1, -0.05) is 23.9 Å². The topological polar surface area (TPSA) is 57.8 Å². The number of aryl methyl sites for hydroxylation is 1. The van der Waals surface area contributed by atoms with Gasteiger partial charge < -0.3 is 10.3 Å². The number of nitrogens with one attached hydrogen (secondary N) is 2. The molecule has 2 aromatic heterocycles. The monoisotopic (exact) mass is 331 g/mol. The normalized spacial score (nSPS) is 12.5. The summed E-state index contributed by atoms with van der Waals surface area (Å²) in [7, 11) is 0. The van der Waals surface area contributed by atoms with Gasteiger partial charge in [-0.3, -0.25) is 4.79 Å². The first-order valence-corrected chi connectivity index (χ1v) is 8.90. The Labute approximate surface area is 137 Å². The zero-order chi connectivity index (χ0) is 15.5. The molecule has 0 saturated heterocycles. The van der Waals surface area contributed by atoms with Crippen LogP contribution in [0.3, 0.4) is 0 Å². The molecule has 3 rings (SSSR count). The average molecular weight is 331 g/mol. The van der Waals surface area contributed by atoms with E-state index < -0.39 is 0 Å². The molecule has 2 heterocycles. The summed E-state index contributed by atoms with van der Waals surface area (Å²) in [5.41, 5.74) is 3.13. The van der Waals surface area contributed by atoms with Crippen LogP contribution in [0.15, 0.2) is 40.9 Å². The third-order valence-corrected chi connectivity index (χ3v) is 5.23. The maximum atomic E-state index is 12.0. The smallest absolute Gasteiger partial charge is 0.230 e. The second-order valence-corrected chi connectivity index (χ2v) is 7.10. The van der Waals surface area contributed by atoms with Crippen LogP contribution >= 0.6 is 23.1 Å². The molecule has 0 radical (unpaired) electrons. The molecular weight excluding hydrogens is 314 g/mol. The number of aromatic amines is 1. The van der Waals surface area contributed by atoms with Gasteiger partial charge in [0.1, 0.15) is 0 Å². The Morgan fingerprint density at radius 3 is 3.09 bits per heavy atom. The van der Waals surface area contributed by atoms with Crippen molar-refractivity contribution in [3.8, 4) is 0 Å². The molecule has 0 bridgehead atoms. The minimum atomic E-state index is 0.0162. The fraction of sp³-hybridized carbons (Fsp3) is 0.250. The van der Waals surface area contributed by atoms with Crippen LogP contribution in [-0.2, 0) is 4.79 Å². The average Bonchev–Trinajstić information content (AvgIpc) is 3.13. The lowest BCUT2D eigenvalue weighted by Gasteiger charge is -2.11. The van der Waals surface area contributed by atoms with Gasteiger partial charge in [0, 0.05) is 4.88 Å². The van der Waals surface area contributed by atoms with Crippen molar-refractivity contribution in [2.75, 3.05) is 5.75 Å². The van der Waals surface area contributed by atoms with Gasteiger partial charge in [-0.05, 0) is 43.0 Å². The number of hydrogen-bond acceptors (Lipinski definition) is 4. The zero-order valence-corrected chi connectivity index (χ0v) is 14.1. The van der Waals surface area contributed by atoms with Gasteiger partial charge in [0.15, 0.2) is 5.16 Å². The number of H-pyrrole nitrogens is 1. The number of carbonyl (C=O) groups excluding carboxylic acids is 1. The molecule has 1 unspecified atom stereocenters. The zero-order valence-electron chi connectivity index (χ0n) is 12.4. The summed E-state index contributed by atoms with van der Waals surface area (Å²) in [6.07, 6.45) is 0. The summed E-state index contributed by atoms with van der Waals surface area (Å²) in [5, 5.41) is 5.80. The summed E-state index contributed by atoms with van der Waals surface area (Å²) in [5.74, 6) is 0.372. The van der Waals surface area contributed by atoms with Crippen LogP contribution in [0.25, 0.3) is 11.0 Å². The molecule has 1 amide bonds. The van der Waals surface area contributed by atoms with E-state index in [-0.39, 0.29) is 11.9 Å². The van der Waals surface area contributed by atoms with Gasteiger partial charge >= 0.3 is 0 Å². The van der Waals surface area contributed by atoms with Crippen LogP contribution in [0, 0.1) is 6.92 Å². The van der Waals surface area contributed by atoms with E-state index in [9.17, 15) is 4.79 Å². The van der Waals surface area contributed by atoms with Crippen molar-refractivity contribution < 1.29 is 4.79 Å². The highest BCUT2D eigenvalue weighted by molar-refractivity contribution is 7.99. The Morgan fingerprint density at radius 1 is 1.45 bits per heavy atom. The highest BCUT2D eigenvalue weighted by Gasteiger charge is 2.12. The van der Waals surface area contributed by atoms with Crippen molar-refractivity contribution in [1.29, 1.82) is 0 Å². The molecule has 1 atom stereocenters. The number of fused-ring (bicyclic) bond motifs is 1. The van der Waals surface area contributed by atoms with E-state index in [2.05, 4.69) is 21.4 Å². The van der Waals surface area contributed by atoms with Crippen molar-refractivity contribution in [2.24, 2.45) is 0 Å². The summed E-state index contributed by atoms with van der Waals surface area (Å²) in [6, 6.07) is 10.2. The highest BCUT2D eigenvalue weighted by Crippen LogP contribution is 2.21. The van der Waals surface area contributed by atoms with E-state index >= 15 is 0 Å². The Morgan fingerprint density at radius 2 is 2.32 bits per heavy atom. The molecule has 22 heavy (non-hydrogen) atoms. The van der Waals surface area contributed by atoms with Gasteiger partial charge in [-0.15, -0.1) is 11.3 Å². The molecular formula is C16H17N3OS2. The number of thioether (sulfide) groups is 1. The minimum Gasteiger partial charge on any atom is -0.348 e. The Hall–Kier alpha value is -1.79. The Bertz CT molecular complexity index is 780. The second-order valence-electron chi connectivity index (χ2n) is 5.16. The fourth-order valence-corrected chi connectivity index (χ4v) is 3.62. The molecule has 0 aliphatic rings. The summed E-state index contributed by atoms with van der Waals surface area (Å²) in [6.45, 7) is 4.05. The fourth-order valence-electron chi connectivity index (χ4n) is 2.19. The molecule has 0 aliphatic carbocycles. The first-order chi connectivity index (χ1) is 10.6. The van der Waals surface area contributed by atoms with E-state index in [4.69, 9.17) is 0 Å². The van der Waals surface area contributed by atoms with E-state index in [0.717, 1.165) is 21.1 Å². The number of benzene rings is 1. The van der Waals surface area contributed by atoms with Crippen molar-refractivity contribution in [3.05, 3.63) is 46.2 Å². The van der Waals surface area contributed by atoms with Crippen LogP contribution in [0.4, 0.5) is 0 Å². The maximum absolute atomic E-state index is 12.0. The first kappa shape index (κ1) is 15.1. The van der Waals surface area contributed by atoms with Crippen LogP contribution < -0.4 is 5.32 Å².